The van der Waals surface area contributed by atoms with Crippen molar-refractivity contribution >= 4 is 21.8 Å². The molecule has 17 heavy (non-hydrogen) atoms. The maximum Gasteiger partial charge on any atom is 0.253 e. The first kappa shape index (κ1) is 14.0. The molecule has 1 aromatic carbocycles. The van der Waals surface area contributed by atoms with E-state index >= 15 is 0 Å². The van der Waals surface area contributed by atoms with E-state index in [2.05, 4.69) is 15.9 Å². The fourth-order valence-corrected chi connectivity index (χ4v) is 1.96. The van der Waals surface area contributed by atoms with Crippen molar-refractivity contribution < 1.29 is 9.53 Å². The molecule has 1 aromatic rings. The smallest absolute Gasteiger partial charge is 0.253 e. The van der Waals surface area contributed by atoms with Crippen molar-refractivity contribution in [3.63, 3.8) is 0 Å². The lowest BCUT2D eigenvalue weighted by Crippen LogP contribution is -2.30. The molecule has 0 unspecified atom stereocenters. The molecule has 0 radical (unpaired) electrons. The van der Waals surface area contributed by atoms with Crippen molar-refractivity contribution in [2.75, 3.05) is 19.7 Å². The van der Waals surface area contributed by atoms with Gasteiger partial charge in [0, 0.05) is 18.7 Å². The highest BCUT2D eigenvalue weighted by Gasteiger charge is 2.14. The lowest BCUT2D eigenvalue weighted by molar-refractivity contribution is 0.0772. The van der Waals surface area contributed by atoms with Crippen LogP contribution in [0.25, 0.3) is 0 Å². The van der Waals surface area contributed by atoms with E-state index in [0.717, 1.165) is 17.6 Å². The van der Waals surface area contributed by atoms with Gasteiger partial charge >= 0.3 is 0 Å². The van der Waals surface area contributed by atoms with Crippen LogP contribution < -0.4 is 4.74 Å². The van der Waals surface area contributed by atoms with Crippen LogP contribution in [0.2, 0.25) is 0 Å². The summed E-state index contributed by atoms with van der Waals surface area (Å²) in [5.41, 5.74) is 0.667. The lowest BCUT2D eigenvalue weighted by atomic mass is 10.2. The largest absolute Gasteiger partial charge is 0.493 e. The van der Waals surface area contributed by atoms with E-state index < -0.39 is 0 Å². The maximum atomic E-state index is 12.1. The molecule has 3 nitrogen and oxygen atoms in total. The average Bonchev–Trinajstić information content (AvgIpc) is 2.33. The first-order valence-corrected chi connectivity index (χ1v) is 6.64. The Morgan fingerprint density at radius 1 is 1.29 bits per heavy atom. The summed E-state index contributed by atoms with van der Waals surface area (Å²) in [7, 11) is 0. The van der Waals surface area contributed by atoms with Gasteiger partial charge in [-0.15, -0.1) is 0 Å². The molecule has 0 aliphatic heterocycles. The van der Waals surface area contributed by atoms with Gasteiger partial charge in [0.05, 0.1) is 11.1 Å². The second kappa shape index (κ2) is 6.64. The van der Waals surface area contributed by atoms with Crippen molar-refractivity contribution in [1.29, 1.82) is 0 Å². The van der Waals surface area contributed by atoms with E-state index in [4.69, 9.17) is 4.74 Å². The highest BCUT2D eigenvalue weighted by atomic mass is 79.9. The normalized spacial score (nSPS) is 10.1. The van der Waals surface area contributed by atoms with Gasteiger partial charge in [0.2, 0.25) is 0 Å². The molecule has 94 valence electrons. The fraction of sp³-hybridized carbons (Fsp3) is 0.462. The fourth-order valence-electron chi connectivity index (χ4n) is 1.60. The Kier molecular flexibility index (Phi) is 5.48. The third-order valence-electron chi connectivity index (χ3n) is 2.53. The zero-order chi connectivity index (χ0) is 12.8. The maximum absolute atomic E-state index is 12.1. The summed E-state index contributed by atoms with van der Waals surface area (Å²) >= 11 is 3.40. The molecule has 0 heterocycles. The van der Waals surface area contributed by atoms with Gasteiger partial charge < -0.3 is 9.64 Å². The molecule has 0 fully saturated rings. The summed E-state index contributed by atoms with van der Waals surface area (Å²) < 4.78 is 6.33. The molecule has 0 N–H and O–H groups in total. The molecular formula is C13H18BrNO2. The summed E-state index contributed by atoms with van der Waals surface area (Å²) in [4.78, 5) is 13.9. The number of hydrogen-bond donors (Lipinski definition) is 0. The van der Waals surface area contributed by atoms with Crippen LogP contribution in [0.4, 0.5) is 0 Å². The molecule has 4 heteroatoms. The van der Waals surface area contributed by atoms with Crippen molar-refractivity contribution in [1.82, 2.24) is 4.90 Å². The Labute approximate surface area is 111 Å². The van der Waals surface area contributed by atoms with Gasteiger partial charge in [-0.2, -0.15) is 0 Å². The number of benzene rings is 1. The van der Waals surface area contributed by atoms with Gasteiger partial charge in [-0.3, -0.25) is 4.79 Å². The number of carbonyl (C=O) groups excluding carboxylic acids is 1. The Bertz CT molecular complexity index is 389. The summed E-state index contributed by atoms with van der Waals surface area (Å²) in [6, 6.07) is 5.45. The van der Waals surface area contributed by atoms with Crippen molar-refractivity contribution in [3.8, 4) is 5.75 Å². The molecule has 1 amide bonds. The highest BCUT2D eigenvalue weighted by Crippen LogP contribution is 2.26. The molecule has 0 saturated heterocycles. The predicted molar refractivity (Wildman–Crippen MR) is 72.6 cm³/mol. The van der Waals surface area contributed by atoms with Crippen LogP contribution in [0.3, 0.4) is 0 Å². The van der Waals surface area contributed by atoms with Crippen molar-refractivity contribution in [2.24, 2.45) is 0 Å². The van der Waals surface area contributed by atoms with Crippen molar-refractivity contribution in [3.05, 3.63) is 28.2 Å². The molecule has 0 saturated carbocycles. The molecule has 1 rings (SSSR count). The molecule has 0 aromatic heterocycles. The molecular weight excluding hydrogens is 282 g/mol. The minimum absolute atomic E-state index is 0.0449. The van der Waals surface area contributed by atoms with Crippen LogP contribution in [0.5, 0.6) is 5.75 Å². The Morgan fingerprint density at radius 2 is 1.94 bits per heavy atom. The third-order valence-corrected chi connectivity index (χ3v) is 3.18. The number of carbonyl (C=O) groups is 1. The van der Waals surface area contributed by atoms with Gasteiger partial charge in [0.25, 0.3) is 5.91 Å². The molecule has 0 aliphatic rings. The van der Waals surface area contributed by atoms with Gasteiger partial charge in [0.1, 0.15) is 5.75 Å². The topological polar surface area (TPSA) is 29.5 Å². The Hall–Kier alpha value is -1.03. The quantitative estimate of drug-likeness (QED) is 0.835. The van der Waals surface area contributed by atoms with Crippen LogP contribution in [0, 0.1) is 0 Å². The monoisotopic (exact) mass is 299 g/mol. The third kappa shape index (κ3) is 3.46. The van der Waals surface area contributed by atoms with Crippen LogP contribution in [0.15, 0.2) is 22.7 Å². The number of halogens is 1. The van der Waals surface area contributed by atoms with Gasteiger partial charge in [-0.05, 0) is 54.9 Å². The minimum Gasteiger partial charge on any atom is -0.493 e. The second-order valence-corrected chi connectivity index (χ2v) is 4.41. The number of amides is 1. The Balaban J connectivity index is 2.98. The van der Waals surface area contributed by atoms with Crippen LogP contribution in [-0.4, -0.2) is 30.5 Å². The number of rotatable bonds is 5. The number of hydrogen-bond acceptors (Lipinski definition) is 2. The predicted octanol–water partition coefficient (Wildman–Crippen LogP) is 3.33. The van der Waals surface area contributed by atoms with Gasteiger partial charge in [-0.1, -0.05) is 0 Å². The van der Waals surface area contributed by atoms with E-state index in [-0.39, 0.29) is 5.91 Å². The summed E-state index contributed by atoms with van der Waals surface area (Å²) in [6.07, 6.45) is 0. The summed E-state index contributed by atoms with van der Waals surface area (Å²) in [6.45, 7) is 7.89. The molecule has 0 atom stereocenters. The zero-order valence-electron chi connectivity index (χ0n) is 10.5. The highest BCUT2D eigenvalue weighted by molar-refractivity contribution is 9.10. The number of nitrogens with zero attached hydrogens (tertiary/aromatic N) is 1. The van der Waals surface area contributed by atoms with Gasteiger partial charge in [-0.25, -0.2) is 0 Å². The SMILES string of the molecule is CCOc1cc(C(=O)N(CC)CC)ccc1Br. The van der Waals surface area contributed by atoms with E-state index in [1.807, 2.05) is 32.9 Å². The second-order valence-electron chi connectivity index (χ2n) is 3.56. The molecule has 0 spiro atoms. The molecule has 0 bridgehead atoms. The lowest BCUT2D eigenvalue weighted by Gasteiger charge is -2.19. The molecule has 0 aliphatic carbocycles. The van der Waals surface area contributed by atoms with Crippen molar-refractivity contribution in [2.45, 2.75) is 20.8 Å². The van der Waals surface area contributed by atoms with Crippen LogP contribution in [-0.2, 0) is 0 Å². The first-order chi connectivity index (χ1) is 8.13. The standard InChI is InChI=1S/C13H18BrNO2/c1-4-15(5-2)13(16)10-7-8-11(14)12(9-10)17-6-3/h7-9H,4-6H2,1-3H3. The summed E-state index contributed by atoms with van der Waals surface area (Å²) in [5.74, 6) is 0.758. The van der Waals surface area contributed by atoms with Crippen LogP contribution in [0.1, 0.15) is 31.1 Å². The van der Waals surface area contributed by atoms with E-state index in [1.165, 1.54) is 0 Å². The van der Waals surface area contributed by atoms with E-state index in [1.54, 1.807) is 11.0 Å². The summed E-state index contributed by atoms with van der Waals surface area (Å²) in [5, 5.41) is 0. The minimum atomic E-state index is 0.0449. The van der Waals surface area contributed by atoms with Crippen LogP contribution >= 0.6 is 15.9 Å². The zero-order valence-corrected chi connectivity index (χ0v) is 12.1. The van der Waals surface area contributed by atoms with E-state index in [0.29, 0.717) is 17.9 Å². The van der Waals surface area contributed by atoms with Gasteiger partial charge in [0.15, 0.2) is 0 Å². The first-order valence-electron chi connectivity index (χ1n) is 5.85. The van der Waals surface area contributed by atoms with E-state index in [9.17, 15) is 4.79 Å². The Morgan fingerprint density at radius 3 is 2.47 bits per heavy atom. The number of ether oxygens (including phenoxy) is 1. The average molecular weight is 300 g/mol.